The van der Waals surface area contributed by atoms with Crippen LogP contribution in [0.5, 0.6) is 5.75 Å². The summed E-state index contributed by atoms with van der Waals surface area (Å²) in [7, 11) is 0. The fraction of sp³-hybridized carbons (Fsp3) is 0.571. The predicted molar refractivity (Wildman–Crippen MR) is 73.3 cm³/mol. The Kier molecular flexibility index (Phi) is 5.29. The Morgan fingerprint density at radius 2 is 2.39 bits per heavy atom. The molecule has 4 heteroatoms. The zero-order chi connectivity index (χ0) is 12.8. The van der Waals surface area contributed by atoms with Crippen molar-refractivity contribution in [2.75, 3.05) is 19.8 Å². The topological polar surface area (TPSA) is 30.5 Å². The maximum absolute atomic E-state index is 6.04. The summed E-state index contributed by atoms with van der Waals surface area (Å²) in [4.78, 5) is 0. The van der Waals surface area contributed by atoms with Crippen LogP contribution in [0.25, 0.3) is 0 Å². The molecule has 0 aliphatic carbocycles. The van der Waals surface area contributed by atoms with Gasteiger partial charge in [-0.05, 0) is 31.2 Å². The second kappa shape index (κ2) is 6.98. The quantitative estimate of drug-likeness (QED) is 0.806. The molecule has 1 saturated heterocycles. The molecule has 0 bridgehead atoms. The minimum Gasteiger partial charge on any atom is -0.488 e. The van der Waals surface area contributed by atoms with Crippen LogP contribution in [0.4, 0.5) is 0 Å². The Labute approximate surface area is 113 Å². The van der Waals surface area contributed by atoms with E-state index in [1.54, 1.807) is 0 Å². The minimum atomic E-state index is 0.177. The zero-order valence-electron chi connectivity index (χ0n) is 10.7. The molecule has 18 heavy (non-hydrogen) atoms. The van der Waals surface area contributed by atoms with E-state index in [-0.39, 0.29) is 6.10 Å². The van der Waals surface area contributed by atoms with Crippen LogP contribution in [0.3, 0.4) is 0 Å². The minimum absolute atomic E-state index is 0.177. The SMILES string of the molecule is CCCNCc1cc(Cl)ccc1OC1CCOC1. The summed E-state index contributed by atoms with van der Waals surface area (Å²) in [6.07, 6.45) is 2.26. The smallest absolute Gasteiger partial charge is 0.124 e. The average Bonchev–Trinajstić information content (AvgIpc) is 2.86. The number of ether oxygens (including phenoxy) is 2. The fourth-order valence-electron chi connectivity index (χ4n) is 1.99. The zero-order valence-corrected chi connectivity index (χ0v) is 11.5. The van der Waals surface area contributed by atoms with Gasteiger partial charge in [0.2, 0.25) is 0 Å². The van der Waals surface area contributed by atoms with Gasteiger partial charge < -0.3 is 14.8 Å². The van der Waals surface area contributed by atoms with Crippen LogP contribution in [0.15, 0.2) is 18.2 Å². The van der Waals surface area contributed by atoms with E-state index in [2.05, 4.69) is 12.2 Å². The van der Waals surface area contributed by atoms with Crippen molar-refractivity contribution in [2.45, 2.75) is 32.4 Å². The molecular weight excluding hydrogens is 250 g/mol. The van der Waals surface area contributed by atoms with Gasteiger partial charge in [-0.3, -0.25) is 0 Å². The normalized spacial score (nSPS) is 19.1. The molecule has 1 atom stereocenters. The van der Waals surface area contributed by atoms with Gasteiger partial charge in [0.05, 0.1) is 13.2 Å². The molecule has 1 heterocycles. The fourth-order valence-corrected chi connectivity index (χ4v) is 2.18. The highest BCUT2D eigenvalue weighted by Gasteiger charge is 2.18. The van der Waals surface area contributed by atoms with Crippen LogP contribution < -0.4 is 10.1 Å². The van der Waals surface area contributed by atoms with Gasteiger partial charge in [-0.2, -0.15) is 0 Å². The highest BCUT2D eigenvalue weighted by Crippen LogP contribution is 2.25. The Morgan fingerprint density at radius 3 is 3.11 bits per heavy atom. The van der Waals surface area contributed by atoms with Gasteiger partial charge in [0.1, 0.15) is 11.9 Å². The molecule has 1 aromatic rings. The lowest BCUT2D eigenvalue weighted by atomic mass is 10.2. The molecule has 2 rings (SSSR count). The van der Waals surface area contributed by atoms with Crippen LogP contribution in [0, 0.1) is 0 Å². The van der Waals surface area contributed by atoms with Crippen LogP contribution in [0.2, 0.25) is 5.02 Å². The number of benzene rings is 1. The van der Waals surface area contributed by atoms with Gasteiger partial charge in [0.15, 0.2) is 0 Å². The third kappa shape index (κ3) is 3.87. The van der Waals surface area contributed by atoms with Crippen molar-refractivity contribution in [3.8, 4) is 5.75 Å². The Balaban J connectivity index is 2.02. The first-order chi connectivity index (χ1) is 8.79. The molecular formula is C14H20ClNO2. The molecule has 1 aliphatic rings. The summed E-state index contributed by atoms with van der Waals surface area (Å²) >= 11 is 6.04. The van der Waals surface area contributed by atoms with Crippen molar-refractivity contribution in [2.24, 2.45) is 0 Å². The van der Waals surface area contributed by atoms with Gasteiger partial charge in [0.25, 0.3) is 0 Å². The summed E-state index contributed by atoms with van der Waals surface area (Å²) in [5, 5.41) is 4.12. The molecule has 0 radical (unpaired) electrons. The maximum Gasteiger partial charge on any atom is 0.124 e. The maximum atomic E-state index is 6.04. The molecule has 0 aromatic heterocycles. The standard InChI is InChI=1S/C14H20ClNO2/c1-2-6-16-9-11-8-12(15)3-4-14(11)18-13-5-7-17-10-13/h3-4,8,13,16H,2,5-7,9-10H2,1H3. The first-order valence-corrected chi connectivity index (χ1v) is 6.91. The number of rotatable bonds is 6. The van der Waals surface area contributed by atoms with Crippen molar-refractivity contribution in [1.82, 2.24) is 5.32 Å². The highest BCUT2D eigenvalue weighted by molar-refractivity contribution is 6.30. The van der Waals surface area contributed by atoms with Gasteiger partial charge >= 0.3 is 0 Å². The molecule has 1 aromatic carbocycles. The Morgan fingerprint density at radius 1 is 1.50 bits per heavy atom. The molecule has 0 saturated carbocycles. The average molecular weight is 270 g/mol. The van der Waals surface area contributed by atoms with Crippen molar-refractivity contribution in [3.05, 3.63) is 28.8 Å². The largest absolute Gasteiger partial charge is 0.488 e. The van der Waals surface area contributed by atoms with Crippen molar-refractivity contribution in [3.63, 3.8) is 0 Å². The molecule has 1 unspecified atom stereocenters. The van der Waals surface area contributed by atoms with Crippen LogP contribution in [0.1, 0.15) is 25.3 Å². The Hall–Kier alpha value is -0.770. The van der Waals surface area contributed by atoms with Crippen molar-refractivity contribution >= 4 is 11.6 Å². The second-order valence-electron chi connectivity index (χ2n) is 4.53. The first kappa shape index (κ1) is 13.7. The molecule has 1 aliphatic heterocycles. The van der Waals surface area contributed by atoms with E-state index in [9.17, 15) is 0 Å². The summed E-state index contributed by atoms with van der Waals surface area (Å²) in [6.45, 7) is 5.42. The van der Waals surface area contributed by atoms with Crippen LogP contribution in [-0.2, 0) is 11.3 Å². The van der Waals surface area contributed by atoms with Crippen LogP contribution >= 0.6 is 11.6 Å². The molecule has 1 fully saturated rings. The van der Waals surface area contributed by atoms with E-state index in [0.717, 1.165) is 48.9 Å². The van der Waals surface area contributed by atoms with Gasteiger partial charge in [-0.25, -0.2) is 0 Å². The van der Waals surface area contributed by atoms with E-state index in [4.69, 9.17) is 21.1 Å². The monoisotopic (exact) mass is 269 g/mol. The van der Waals surface area contributed by atoms with Crippen LogP contribution in [-0.4, -0.2) is 25.9 Å². The summed E-state index contributed by atoms with van der Waals surface area (Å²) in [5.41, 5.74) is 1.11. The lowest BCUT2D eigenvalue weighted by molar-refractivity contribution is 0.140. The number of nitrogens with one attached hydrogen (secondary N) is 1. The number of hydrogen-bond donors (Lipinski definition) is 1. The predicted octanol–water partition coefficient (Wildman–Crippen LogP) is 3.01. The van der Waals surface area contributed by atoms with Gasteiger partial charge in [-0.15, -0.1) is 0 Å². The van der Waals surface area contributed by atoms with E-state index >= 15 is 0 Å². The molecule has 0 amide bonds. The van der Waals surface area contributed by atoms with Crippen molar-refractivity contribution < 1.29 is 9.47 Å². The van der Waals surface area contributed by atoms with E-state index < -0.39 is 0 Å². The summed E-state index contributed by atoms with van der Waals surface area (Å²) < 4.78 is 11.3. The number of halogens is 1. The third-order valence-electron chi connectivity index (χ3n) is 2.95. The Bertz CT molecular complexity index is 378. The summed E-state index contributed by atoms with van der Waals surface area (Å²) in [5.74, 6) is 0.915. The van der Waals surface area contributed by atoms with E-state index in [0.29, 0.717) is 6.61 Å². The molecule has 0 spiro atoms. The highest BCUT2D eigenvalue weighted by atomic mass is 35.5. The summed E-state index contributed by atoms with van der Waals surface area (Å²) in [6, 6.07) is 5.79. The number of hydrogen-bond acceptors (Lipinski definition) is 3. The van der Waals surface area contributed by atoms with Gasteiger partial charge in [0, 0.05) is 23.6 Å². The van der Waals surface area contributed by atoms with E-state index in [1.807, 2.05) is 18.2 Å². The molecule has 1 N–H and O–H groups in total. The molecule has 3 nitrogen and oxygen atoms in total. The lowest BCUT2D eigenvalue weighted by Gasteiger charge is -2.16. The van der Waals surface area contributed by atoms with Gasteiger partial charge in [-0.1, -0.05) is 18.5 Å². The van der Waals surface area contributed by atoms with Crippen molar-refractivity contribution in [1.29, 1.82) is 0 Å². The lowest BCUT2D eigenvalue weighted by Crippen LogP contribution is -2.19. The van der Waals surface area contributed by atoms with E-state index in [1.165, 1.54) is 0 Å². The first-order valence-electron chi connectivity index (χ1n) is 6.53. The molecule has 100 valence electrons. The third-order valence-corrected chi connectivity index (χ3v) is 3.18. The second-order valence-corrected chi connectivity index (χ2v) is 4.97.